The summed E-state index contributed by atoms with van der Waals surface area (Å²) in [5.41, 5.74) is 2.89. The molecule has 0 radical (unpaired) electrons. The van der Waals surface area contributed by atoms with E-state index >= 15 is 0 Å². The molecule has 0 spiro atoms. The van der Waals surface area contributed by atoms with Crippen molar-refractivity contribution in [3.8, 4) is 0 Å². The molecule has 0 aliphatic rings. The van der Waals surface area contributed by atoms with Crippen molar-refractivity contribution < 1.29 is 13.2 Å². The summed E-state index contributed by atoms with van der Waals surface area (Å²) < 4.78 is 26.2. The molecule has 0 atom stereocenters. The molecule has 0 fully saturated rings. The zero-order valence-corrected chi connectivity index (χ0v) is 17.0. The number of hydrogen-bond acceptors (Lipinski definition) is 4. The Labute approximate surface area is 161 Å². The van der Waals surface area contributed by atoms with E-state index in [1.54, 1.807) is 31.3 Å². The molecule has 0 heterocycles. The molecule has 0 unspecified atom stereocenters. The van der Waals surface area contributed by atoms with Gasteiger partial charge >= 0.3 is 0 Å². The lowest BCUT2D eigenvalue weighted by Gasteiger charge is -2.21. The summed E-state index contributed by atoms with van der Waals surface area (Å²) in [5, 5.41) is 5.86. The average Bonchev–Trinajstić information content (AvgIpc) is 2.64. The van der Waals surface area contributed by atoms with Crippen LogP contribution in [0.4, 0.5) is 5.69 Å². The van der Waals surface area contributed by atoms with Gasteiger partial charge in [-0.05, 0) is 50.6 Å². The number of carbonyl (C=O) groups excluding carboxylic acids is 1. The Balaban J connectivity index is 1.88. The highest BCUT2D eigenvalue weighted by Gasteiger charge is 2.22. The van der Waals surface area contributed by atoms with Crippen LogP contribution in [0, 0.1) is 6.92 Å². The zero-order valence-electron chi connectivity index (χ0n) is 16.2. The highest BCUT2D eigenvalue weighted by molar-refractivity contribution is 7.89. The number of rotatable bonds is 8. The minimum atomic E-state index is -3.50. The summed E-state index contributed by atoms with van der Waals surface area (Å²) in [5.74, 6) is -0.132. The Kier molecular flexibility index (Phi) is 6.98. The van der Waals surface area contributed by atoms with E-state index in [0.717, 1.165) is 11.1 Å². The van der Waals surface area contributed by atoms with Gasteiger partial charge in [0.25, 0.3) is 0 Å². The Bertz CT molecular complexity index is 878. The first-order chi connectivity index (χ1) is 12.7. The van der Waals surface area contributed by atoms with Gasteiger partial charge in [-0.2, -0.15) is 4.31 Å². The molecule has 2 aromatic rings. The van der Waals surface area contributed by atoms with E-state index in [-0.39, 0.29) is 23.4 Å². The van der Waals surface area contributed by atoms with Gasteiger partial charge in [0.1, 0.15) is 0 Å². The fourth-order valence-electron chi connectivity index (χ4n) is 2.46. The van der Waals surface area contributed by atoms with Crippen LogP contribution in [0.3, 0.4) is 0 Å². The molecule has 0 bridgehead atoms. The summed E-state index contributed by atoms with van der Waals surface area (Å²) in [6, 6.07) is 14.3. The van der Waals surface area contributed by atoms with Gasteiger partial charge in [0, 0.05) is 25.3 Å². The molecule has 2 aromatic carbocycles. The van der Waals surface area contributed by atoms with Gasteiger partial charge in [-0.1, -0.05) is 29.8 Å². The third-order valence-corrected chi connectivity index (χ3v) is 6.33. The Morgan fingerprint density at radius 1 is 1.11 bits per heavy atom. The number of benzene rings is 2. The largest absolute Gasteiger partial charge is 0.376 e. The van der Waals surface area contributed by atoms with E-state index in [2.05, 4.69) is 10.6 Å². The van der Waals surface area contributed by atoms with Crippen LogP contribution in [0.2, 0.25) is 0 Å². The van der Waals surface area contributed by atoms with Crippen LogP contribution >= 0.6 is 0 Å². The number of nitrogens with one attached hydrogen (secondary N) is 2. The highest BCUT2D eigenvalue weighted by Crippen LogP contribution is 2.18. The van der Waals surface area contributed by atoms with Crippen LogP contribution in [-0.2, 0) is 21.4 Å². The third kappa shape index (κ3) is 5.80. The number of amides is 1. The lowest BCUT2D eigenvalue weighted by molar-refractivity contribution is -0.119. The standard InChI is InChI=1S/C20H27N3O3S/c1-15(2)23(4)27(25,26)19-10-8-18(9-11-19)21-14-20(24)22-13-17-7-5-6-16(3)12-17/h5-12,15,21H,13-14H2,1-4H3,(H,22,24). The number of nitrogens with zero attached hydrogens (tertiary/aromatic N) is 1. The van der Waals surface area contributed by atoms with E-state index in [9.17, 15) is 13.2 Å². The Hall–Kier alpha value is -2.38. The molecule has 7 heteroatoms. The monoisotopic (exact) mass is 389 g/mol. The van der Waals surface area contributed by atoms with Crippen molar-refractivity contribution in [2.75, 3.05) is 18.9 Å². The van der Waals surface area contributed by atoms with Gasteiger partial charge in [0.15, 0.2) is 0 Å². The SMILES string of the molecule is Cc1cccc(CNC(=O)CNc2ccc(S(=O)(=O)N(C)C(C)C)cc2)c1. The molecule has 0 aliphatic carbocycles. The van der Waals surface area contributed by atoms with Crippen molar-refractivity contribution in [3.05, 3.63) is 59.7 Å². The van der Waals surface area contributed by atoms with Crippen LogP contribution in [0.15, 0.2) is 53.4 Å². The lowest BCUT2D eigenvalue weighted by Crippen LogP contribution is -2.33. The van der Waals surface area contributed by atoms with Crippen molar-refractivity contribution in [1.29, 1.82) is 0 Å². The van der Waals surface area contributed by atoms with Crippen LogP contribution < -0.4 is 10.6 Å². The fraction of sp³-hybridized carbons (Fsp3) is 0.350. The number of aryl methyl sites for hydroxylation is 1. The molecule has 0 saturated carbocycles. The predicted octanol–water partition coefficient (Wildman–Crippen LogP) is 2.75. The molecule has 2 rings (SSSR count). The van der Waals surface area contributed by atoms with Crippen molar-refractivity contribution in [3.63, 3.8) is 0 Å². The van der Waals surface area contributed by atoms with Crippen LogP contribution in [0.1, 0.15) is 25.0 Å². The van der Waals surface area contributed by atoms with Crippen molar-refractivity contribution in [2.24, 2.45) is 0 Å². The number of sulfonamides is 1. The van der Waals surface area contributed by atoms with E-state index in [1.807, 2.05) is 45.0 Å². The Morgan fingerprint density at radius 2 is 1.78 bits per heavy atom. The van der Waals surface area contributed by atoms with E-state index in [0.29, 0.717) is 12.2 Å². The second-order valence-corrected chi connectivity index (χ2v) is 8.76. The normalized spacial score (nSPS) is 11.6. The predicted molar refractivity (Wildman–Crippen MR) is 108 cm³/mol. The highest BCUT2D eigenvalue weighted by atomic mass is 32.2. The van der Waals surface area contributed by atoms with Gasteiger partial charge in [0.2, 0.25) is 15.9 Å². The molecular formula is C20H27N3O3S. The van der Waals surface area contributed by atoms with Gasteiger partial charge in [-0.25, -0.2) is 8.42 Å². The summed E-state index contributed by atoms with van der Waals surface area (Å²) in [6.45, 7) is 6.24. The van der Waals surface area contributed by atoms with Crippen LogP contribution in [-0.4, -0.2) is 38.3 Å². The summed E-state index contributed by atoms with van der Waals surface area (Å²) >= 11 is 0. The van der Waals surface area contributed by atoms with E-state index in [1.165, 1.54) is 4.31 Å². The molecule has 0 aromatic heterocycles. The van der Waals surface area contributed by atoms with E-state index in [4.69, 9.17) is 0 Å². The van der Waals surface area contributed by atoms with Crippen molar-refractivity contribution in [2.45, 2.75) is 38.3 Å². The lowest BCUT2D eigenvalue weighted by atomic mass is 10.1. The number of hydrogen-bond donors (Lipinski definition) is 2. The van der Waals surface area contributed by atoms with Crippen LogP contribution in [0.25, 0.3) is 0 Å². The molecule has 1 amide bonds. The van der Waals surface area contributed by atoms with Gasteiger partial charge in [-0.3, -0.25) is 4.79 Å². The molecule has 0 saturated heterocycles. The number of anilines is 1. The van der Waals surface area contributed by atoms with E-state index < -0.39 is 10.0 Å². The molecule has 2 N–H and O–H groups in total. The molecule has 146 valence electrons. The average molecular weight is 390 g/mol. The summed E-state index contributed by atoms with van der Waals surface area (Å²) in [4.78, 5) is 12.2. The fourth-order valence-corrected chi connectivity index (χ4v) is 3.82. The van der Waals surface area contributed by atoms with Gasteiger partial charge in [-0.15, -0.1) is 0 Å². The Morgan fingerprint density at radius 3 is 2.37 bits per heavy atom. The maximum absolute atomic E-state index is 12.4. The third-order valence-electron chi connectivity index (χ3n) is 4.28. The number of carbonyl (C=O) groups is 1. The topological polar surface area (TPSA) is 78.5 Å². The zero-order chi connectivity index (χ0) is 20.0. The van der Waals surface area contributed by atoms with Crippen LogP contribution in [0.5, 0.6) is 0 Å². The van der Waals surface area contributed by atoms with Crippen molar-refractivity contribution >= 4 is 21.6 Å². The van der Waals surface area contributed by atoms with Crippen molar-refractivity contribution in [1.82, 2.24) is 9.62 Å². The molecule has 0 aliphatic heterocycles. The maximum atomic E-state index is 12.4. The molecule has 6 nitrogen and oxygen atoms in total. The molecular weight excluding hydrogens is 362 g/mol. The minimum Gasteiger partial charge on any atom is -0.376 e. The second-order valence-electron chi connectivity index (χ2n) is 6.76. The second kappa shape index (κ2) is 9.01. The minimum absolute atomic E-state index is 0.115. The smallest absolute Gasteiger partial charge is 0.243 e. The van der Waals surface area contributed by atoms with Gasteiger partial charge < -0.3 is 10.6 Å². The summed E-state index contributed by atoms with van der Waals surface area (Å²) in [7, 11) is -1.94. The first-order valence-electron chi connectivity index (χ1n) is 8.84. The maximum Gasteiger partial charge on any atom is 0.243 e. The molecule has 27 heavy (non-hydrogen) atoms. The quantitative estimate of drug-likeness (QED) is 0.728. The van der Waals surface area contributed by atoms with Gasteiger partial charge in [0.05, 0.1) is 11.4 Å². The first-order valence-corrected chi connectivity index (χ1v) is 10.3. The first kappa shape index (κ1) is 20.9. The summed E-state index contributed by atoms with van der Waals surface area (Å²) in [6.07, 6.45) is 0.